The Morgan fingerprint density at radius 3 is 2.24 bits per heavy atom. The number of benzene rings is 2. The molecule has 0 unspecified atom stereocenters. The molecular formula is C16H16Ge. The quantitative estimate of drug-likeness (QED) is 0.644. The Bertz CT molecular complexity index is 594. The molecule has 0 bridgehead atoms. The van der Waals surface area contributed by atoms with Gasteiger partial charge in [0.25, 0.3) is 0 Å². The van der Waals surface area contributed by atoms with Crippen LogP contribution in [0.5, 0.6) is 0 Å². The van der Waals surface area contributed by atoms with Crippen LogP contribution in [0.25, 0.3) is 17.2 Å². The molecule has 1 aliphatic rings. The zero-order valence-electron chi connectivity index (χ0n) is 10.3. The van der Waals surface area contributed by atoms with Crippen LogP contribution in [-0.2, 0) is 0 Å². The van der Waals surface area contributed by atoms with Gasteiger partial charge in [-0.15, -0.1) is 0 Å². The summed E-state index contributed by atoms with van der Waals surface area (Å²) in [6.45, 7) is 0. The fraction of sp³-hybridized carbons (Fsp3) is 0.125. The van der Waals surface area contributed by atoms with Crippen molar-refractivity contribution >= 4 is 23.7 Å². The first-order valence-corrected chi connectivity index (χ1v) is 12.5. The molecule has 1 heterocycles. The fourth-order valence-corrected chi connectivity index (χ4v) is 7.20. The third-order valence-corrected chi connectivity index (χ3v) is 9.48. The maximum absolute atomic E-state index is 2.49. The monoisotopic (exact) mass is 282 g/mol. The van der Waals surface area contributed by atoms with E-state index in [1.54, 1.807) is 4.40 Å². The second-order valence-electron chi connectivity index (χ2n) is 5.19. The minimum atomic E-state index is -1.98. The molecule has 0 amide bonds. The van der Waals surface area contributed by atoms with Crippen LogP contribution in [0, 0.1) is 0 Å². The number of hydrogen-bond donors (Lipinski definition) is 0. The summed E-state index contributed by atoms with van der Waals surface area (Å²) in [5.74, 6) is 4.92. The van der Waals surface area contributed by atoms with Crippen molar-refractivity contribution in [3.8, 4) is 11.1 Å². The number of fused-ring (bicyclic) bond motifs is 3. The first-order valence-electron chi connectivity index (χ1n) is 6.07. The Balaban J connectivity index is 2.38. The van der Waals surface area contributed by atoms with Gasteiger partial charge in [-0.3, -0.25) is 0 Å². The molecule has 0 radical (unpaired) electrons. The van der Waals surface area contributed by atoms with Gasteiger partial charge in [0.2, 0.25) is 0 Å². The predicted molar refractivity (Wildman–Crippen MR) is 78.0 cm³/mol. The molecule has 17 heavy (non-hydrogen) atoms. The van der Waals surface area contributed by atoms with Gasteiger partial charge in [0, 0.05) is 0 Å². The Hall–Kier alpha value is -1.28. The molecule has 0 spiro atoms. The van der Waals surface area contributed by atoms with E-state index in [4.69, 9.17) is 0 Å². The molecule has 0 saturated carbocycles. The summed E-state index contributed by atoms with van der Waals surface area (Å²) >= 11 is -1.98. The third kappa shape index (κ3) is 1.77. The first-order chi connectivity index (χ1) is 8.18. The molecule has 84 valence electrons. The van der Waals surface area contributed by atoms with E-state index in [1.807, 2.05) is 0 Å². The third-order valence-electron chi connectivity index (χ3n) is 3.55. The van der Waals surface area contributed by atoms with Crippen molar-refractivity contribution in [2.45, 2.75) is 11.5 Å². The molecule has 0 N–H and O–H groups in total. The topological polar surface area (TPSA) is 0 Å². The van der Waals surface area contributed by atoms with Crippen molar-refractivity contribution in [3.05, 3.63) is 59.0 Å². The molecule has 0 saturated heterocycles. The summed E-state index contributed by atoms with van der Waals surface area (Å²) in [5.41, 5.74) is 4.19. The van der Waals surface area contributed by atoms with Gasteiger partial charge in [-0.25, -0.2) is 0 Å². The average molecular weight is 281 g/mol. The maximum atomic E-state index is 2.49. The molecule has 0 nitrogen and oxygen atoms in total. The van der Waals surface area contributed by atoms with Crippen LogP contribution in [0.15, 0.2) is 53.4 Å². The zero-order valence-corrected chi connectivity index (χ0v) is 12.4. The van der Waals surface area contributed by atoms with Gasteiger partial charge in [0.15, 0.2) is 0 Å². The second kappa shape index (κ2) is 3.88. The molecule has 1 heteroatoms. The Labute approximate surface area is 105 Å². The van der Waals surface area contributed by atoms with E-state index >= 15 is 0 Å². The van der Waals surface area contributed by atoms with Gasteiger partial charge in [0.05, 0.1) is 0 Å². The van der Waals surface area contributed by atoms with E-state index in [0.29, 0.717) is 0 Å². The molecule has 0 aliphatic carbocycles. The minimum absolute atomic E-state index is 1.36. The Kier molecular flexibility index (Phi) is 2.48. The van der Waals surface area contributed by atoms with Crippen LogP contribution < -0.4 is 4.40 Å². The van der Waals surface area contributed by atoms with Crippen LogP contribution in [-0.4, -0.2) is 13.3 Å². The summed E-state index contributed by atoms with van der Waals surface area (Å²) in [7, 11) is 0. The Morgan fingerprint density at radius 2 is 1.41 bits per heavy atom. The van der Waals surface area contributed by atoms with E-state index in [0.717, 1.165) is 0 Å². The van der Waals surface area contributed by atoms with E-state index in [9.17, 15) is 0 Å². The van der Waals surface area contributed by atoms with Gasteiger partial charge >= 0.3 is 105 Å². The molecule has 0 aromatic heterocycles. The predicted octanol–water partition coefficient (Wildman–Crippen LogP) is 3.84. The van der Waals surface area contributed by atoms with Gasteiger partial charge < -0.3 is 0 Å². The van der Waals surface area contributed by atoms with Crippen molar-refractivity contribution in [2.24, 2.45) is 0 Å². The average Bonchev–Trinajstić information content (AvgIpc) is 2.47. The van der Waals surface area contributed by atoms with Crippen molar-refractivity contribution < 1.29 is 0 Å². The van der Waals surface area contributed by atoms with Crippen molar-refractivity contribution in [1.29, 1.82) is 0 Å². The number of hydrogen-bond acceptors (Lipinski definition) is 0. The molecule has 2 aromatic rings. The van der Waals surface area contributed by atoms with E-state index in [2.05, 4.69) is 71.0 Å². The summed E-state index contributed by atoms with van der Waals surface area (Å²) in [6.07, 6.45) is 2.33. The molecule has 3 rings (SSSR count). The van der Waals surface area contributed by atoms with Gasteiger partial charge in [-0.1, -0.05) is 0 Å². The molecule has 1 aliphatic heterocycles. The summed E-state index contributed by atoms with van der Waals surface area (Å²) in [5, 5.41) is 0. The normalized spacial score (nSPS) is 15.9. The van der Waals surface area contributed by atoms with E-state index < -0.39 is 13.3 Å². The summed E-state index contributed by atoms with van der Waals surface area (Å²) in [6, 6.07) is 17.6. The van der Waals surface area contributed by atoms with Gasteiger partial charge in [0.1, 0.15) is 0 Å². The van der Waals surface area contributed by atoms with Crippen molar-refractivity contribution in [1.82, 2.24) is 0 Å². The van der Waals surface area contributed by atoms with E-state index in [-0.39, 0.29) is 0 Å². The van der Waals surface area contributed by atoms with Crippen LogP contribution in [0.3, 0.4) is 0 Å². The molecule has 0 atom stereocenters. The van der Waals surface area contributed by atoms with Crippen LogP contribution in [0.4, 0.5) is 0 Å². The summed E-state index contributed by atoms with van der Waals surface area (Å²) in [4.78, 5) is 2.49. The number of rotatable bonds is 0. The molecular weight excluding hydrogens is 265 g/mol. The zero-order chi connectivity index (χ0) is 11.9. The first kappa shape index (κ1) is 10.9. The SMILES string of the molecule is [CH3][Ge]1([CH3])[CH]=Cc2ccccc2-c2cccc[c]21. The molecule has 0 fully saturated rings. The molecule has 2 aromatic carbocycles. The standard InChI is InChI=1S/C16H16Ge/c1-17(2)12-11-13-7-3-4-8-14(13)15-9-5-6-10-16(15)17/h3-12H,1-2H3. The van der Waals surface area contributed by atoms with Crippen molar-refractivity contribution in [2.75, 3.05) is 0 Å². The second-order valence-corrected chi connectivity index (χ2v) is 14.2. The van der Waals surface area contributed by atoms with Crippen molar-refractivity contribution in [3.63, 3.8) is 0 Å². The van der Waals surface area contributed by atoms with Gasteiger partial charge in [-0.05, 0) is 0 Å². The van der Waals surface area contributed by atoms with Gasteiger partial charge in [-0.2, -0.15) is 0 Å². The van der Waals surface area contributed by atoms with Crippen LogP contribution >= 0.6 is 0 Å². The van der Waals surface area contributed by atoms with E-state index in [1.165, 1.54) is 16.7 Å². The van der Waals surface area contributed by atoms with Crippen LogP contribution in [0.1, 0.15) is 5.56 Å². The fourth-order valence-electron chi connectivity index (χ4n) is 2.56. The summed E-state index contributed by atoms with van der Waals surface area (Å²) < 4.78 is 1.59. The Morgan fingerprint density at radius 1 is 0.765 bits per heavy atom. The van der Waals surface area contributed by atoms with Crippen LogP contribution in [0.2, 0.25) is 11.5 Å².